The fraction of sp³-hybridized carbons (Fsp3) is 0.500. The summed E-state index contributed by atoms with van der Waals surface area (Å²) in [5, 5.41) is 12.0. The summed E-state index contributed by atoms with van der Waals surface area (Å²) in [5.41, 5.74) is 1.65. The summed E-state index contributed by atoms with van der Waals surface area (Å²) in [6.07, 6.45) is 0.901. The van der Waals surface area contributed by atoms with Crippen LogP contribution in [0.5, 0.6) is 17.2 Å². The molecular weight excluding hydrogens is 416 g/mol. The molecule has 4 aliphatic heterocycles. The molecule has 0 spiro atoms. The summed E-state index contributed by atoms with van der Waals surface area (Å²) >= 11 is 0. The molecule has 0 bridgehead atoms. The van der Waals surface area contributed by atoms with Crippen LogP contribution in [0, 0.1) is 12.8 Å². The Morgan fingerprint density at radius 1 is 1.22 bits per heavy atom. The number of esters is 2. The fourth-order valence-electron chi connectivity index (χ4n) is 5.97. The van der Waals surface area contributed by atoms with Crippen molar-refractivity contribution in [3.8, 4) is 17.2 Å². The van der Waals surface area contributed by atoms with Crippen LogP contribution in [-0.2, 0) is 19.0 Å². The Morgan fingerprint density at radius 3 is 2.75 bits per heavy atom. The number of hydrogen-bond acceptors (Lipinski definition) is 8. The van der Waals surface area contributed by atoms with Gasteiger partial charge in [-0.05, 0) is 38.3 Å². The van der Waals surface area contributed by atoms with Gasteiger partial charge >= 0.3 is 11.9 Å². The van der Waals surface area contributed by atoms with Crippen molar-refractivity contribution in [1.29, 1.82) is 0 Å². The molecule has 4 aliphatic rings. The standard InChI is InChI=1S/C24H24O8/c1-10-6-14(25)19-21-18(10)15(28-3)8-16-20(21)22(30-23(19)27)13-7-11(2)31-24(13,32-16)9-12-4-5-17(26)29-12/h6,8,11-13,22,25H,4-5,7,9H2,1-3H3/t11-,12+,13+,22-,24-/m1/s1. The van der Waals surface area contributed by atoms with Gasteiger partial charge in [0.2, 0.25) is 5.79 Å². The SMILES string of the molecule is COc1cc2c3c4c(c(O)cc(C)c14)C(=O)O[C@@H]3[C@@H]1C[C@@H](C)O[C@]1(C[C@@H]1CCC(=O)O1)O2. The Hall–Kier alpha value is -3.00. The fourth-order valence-corrected chi connectivity index (χ4v) is 5.97. The molecule has 1 N–H and O–H groups in total. The lowest BCUT2D eigenvalue weighted by molar-refractivity contribution is -0.229. The molecule has 2 aromatic carbocycles. The van der Waals surface area contributed by atoms with E-state index in [4.69, 9.17) is 23.7 Å². The van der Waals surface area contributed by atoms with E-state index in [-0.39, 0.29) is 35.4 Å². The van der Waals surface area contributed by atoms with Gasteiger partial charge in [-0.2, -0.15) is 0 Å². The molecule has 168 valence electrons. The van der Waals surface area contributed by atoms with Crippen molar-refractivity contribution >= 4 is 22.7 Å². The Labute approximate surface area is 184 Å². The van der Waals surface area contributed by atoms with Crippen LogP contribution in [0.3, 0.4) is 0 Å². The number of aromatic hydroxyl groups is 1. The molecule has 4 heterocycles. The molecule has 8 nitrogen and oxygen atoms in total. The highest BCUT2D eigenvalue weighted by atomic mass is 16.7. The summed E-state index contributed by atoms with van der Waals surface area (Å²) < 4.78 is 30.0. The second-order valence-corrected chi connectivity index (χ2v) is 9.19. The van der Waals surface area contributed by atoms with Crippen molar-refractivity contribution in [2.45, 2.75) is 63.6 Å². The highest BCUT2D eigenvalue weighted by Gasteiger charge is 2.61. The molecule has 0 radical (unpaired) electrons. The first kappa shape index (κ1) is 19.7. The van der Waals surface area contributed by atoms with Gasteiger partial charge in [0.25, 0.3) is 0 Å². The molecule has 2 saturated heterocycles. The molecule has 8 heteroatoms. The van der Waals surface area contributed by atoms with E-state index in [9.17, 15) is 14.7 Å². The Bertz CT molecular complexity index is 1190. The van der Waals surface area contributed by atoms with Gasteiger partial charge in [-0.3, -0.25) is 4.79 Å². The zero-order valence-electron chi connectivity index (χ0n) is 18.1. The molecule has 0 saturated carbocycles. The van der Waals surface area contributed by atoms with E-state index in [0.29, 0.717) is 42.6 Å². The highest BCUT2D eigenvalue weighted by molar-refractivity contribution is 6.13. The van der Waals surface area contributed by atoms with Gasteiger partial charge in [-0.15, -0.1) is 0 Å². The Kier molecular flexibility index (Phi) is 4.00. The molecule has 0 amide bonds. The molecule has 6 rings (SSSR count). The third kappa shape index (κ3) is 2.53. The molecular formula is C24H24O8. The van der Waals surface area contributed by atoms with E-state index < -0.39 is 17.9 Å². The number of phenolic OH excluding ortho intramolecular Hbond substituents is 1. The first-order chi connectivity index (χ1) is 15.3. The summed E-state index contributed by atoms with van der Waals surface area (Å²) in [6, 6.07) is 3.35. The minimum absolute atomic E-state index is 0.125. The predicted molar refractivity (Wildman–Crippen MR) is 111 cm³/mol. The second-order valence-electron chi connectivity index (χ2n) is 9.19. The van der Waals surface area contributed by atoms with E-state index in [2.05, 4.69) is 0 Å². The van der Waals surface area contributed by atoms with Crippen LogP contribution < -0.4 is 9.47 Å². The number of ether oxygens (including phenoxy) is 5. The number of phenols is 1. The predicted octanol–water partition coefficient (Wildman–Crippen LogP) is 3.68. The van der Waals surface area contributed by atoms with Crippen LogP contribution in [0.2, 0.25) is 0 Å². The normalized spacial score (nSPS) is 32.3. The molecule has 0 aromatic heterocycles. The summed E-state index contributed by atoms with van der Waals surface area (Å²) in [7, 11) is 1.56. The number of rotatable bonds is 3. The van der Waals surface area contributed by atoms with Gasteiger partial charge in [0.15, 0.2) is 0 Å². The summed E-state index contributed by atoms with van der Waals surface area (Å²) in [6.45, 7) is 3.82. The summed E-state index contributed by atoms with van der Waals surface area (Å²) in [4.78, 5) is 24.8. The van der Waals surface area contributed by atoms with Gasteiger partial charge in [0, 0.05) is 28.8 Å². The molecule has 2 aromatic rings. The van der Waals surface area contributed by atoms with E-state index >= 15 is 0 Å². The van der Waals surface area contributed by atoms with Crippen molar-refractivity contribution < 1.29 is 38.4 Å². The zero-order valence-corrected chi connectivity index (χ0v) is 18.1. The van der Waals surface area contributed by atoms with Crippen molar-refractivity contribution in [2.24, 2.45) is 5.92 Å². The van der Waals surface area contributed by atoms with Gasteiger partial charge in [-0.25, -0.2) is 4.79 Å². The maximum atomic E-state index is 13.1. The topological polar surface area (TPSA) is 101 Å². The Balaban J connectivity index is 1.58. The first-order valence-electron chi connectivity index (χ1n) is 11.0. The monoisotopic (exact) mass is 440 g/mol. The molecule has 0 unspecified atom stereocenters. The minimum atomic E-state index is -1.09. The number of methoxy groups -OCH3 is 1. The highest BCUT2D eigenvalue weighted by Crippen LogP contribution is 2.60. The van der Waals surface area contributed by atoms with Gasteiger partial charge in [0.05, 0.1) is 25.6 Å². The number of cyclic esters (lactones) is 1. The van der Waals surface area contributed by atoms with E-state index in [1.165, 1.54) is 0 Å². The Morgan fingerprint density at radius 2 is 2.03 bits per heavy atom. The van der Waals surface area contributed by atoms with Crippen LogP contribution in [-0.4, -0.2) is 42.1 Å². The third-order valence-electron chi connectivity index (χ3n) is 7.17. The van der Waals surface area contributed by atoms with Gasteiger partial charge in [-0.1, -0.05) is 0 Å². The third-order valence-corrected chi connectivity index (χ3v) is 7.17. The smallest absolute Gasteiger partial charge is 0.343 e. The molecule has 32 heavy (non-hydrogen) atoms. The zero-order chi connectivity index (χ0) is 22.4. The van der Waals surface area contributed by atoms with Gasteiger partial charge < -0.3 is 28.8 Å². The van der Waals surface area contributed by atoms with Crippen molar-refractivity contribution in [2.75, 3.05) is 7.11 Å². The minimum Gasteiger partial charge on any atom is -0.507 e. The quantitative estimate of drug-likeness (QED) is 0.722. The van der Waals surface area contributed by atoms with E-state index in [1.54, 1.807) is 19.2 Å². The van der Waals surface area contributed by atoms with Crippen LogP contribution in [0.15, 0.2) is 12.1 Å². The largest absolute Gasteiger partial charge is 0.507 e. The second kappa shape index (κ2) is 6.51. The van der Waals surface area contributed by atoms with E-state index in [0.717, 1.165) is 16.5 Å². The number of benzene rings is 2. The average Bonchev–Trinajstić information content (AvgIpc) is 3.28. The number of carbonyl (C=O) groups is 2. The number of fused-ring (bicyclic) bond motifs is 2. The van der Waals surface area contributed by atoms with Crippen molar-refractivity contribution in [3.63, 3.8) is 0 Å². The van der Waals surface area contributed by atoms with Gasteiger partial charge in [0.1, 0.15) is 35.0 Å². The number of carbonyl (C=O) groups excluding carboxylic acids is 2. The molecule has 0 aliphatic carbocycles. The summed E-state index contributed by atoms with van der Waals surface area (Å²) in [5.74, 6) is -1.26. The molecule has 5 atom stereocenters. The number of aryl methyl sites for hydroxylation is 1. The lowest BCUT2D eigenvalue weighted by Gasteiger charge is -2.45. The van der Waals surface area contributed by atoms with Crippen LogP contribution >= 0.6 is 0 Å². The lowest BCUT2D eigenvalue weighted by Crippen LogP contribution is -2.51. The van der Waals surface area contributed by atoms with Crippen molar-refractivity contribution in [1.82, 2.24) is 0 Å². The first-order valence-corrected chi connectivity index (χ1v) is 11.0. The van der Waals surface area contributed by atoms with Crippen LogP contribution in [0.4, 0.5) is 0 Å². The molecule has 2 fully saturated rings. The average molecular weight is 440 g/mol. The lowest BCUT2D eigenvalue weighted by atomic mass is 9.77. The van der Waals surface area contributed by atoms with Crippen LogP contribution in [0.1, 0.15) is 60.2 Å². The van der Waals surface area contributed by atoms with Crippen LogP contribution in [0.25, 0.3) is 10.8 Å². The maximum Gasteiger partial charge on any atom is 0.343 e. The van der Waals surface area contributed by atoms with E-state index in [1.807, 2.05) is 13.8 Å². The maximum absolute atomic E-state index is 13.1. The number of hydrogen-bond donors (Lipinski definition) is 1. The van der Waals surface area contributed by atoms with Crippen molar-refractivity contribution in [3.05, 3.63) is 28.8 Å².